The predicted octanol–water partition coefficient (Wildman–Crippen LogP) is 3.50. The third-order valence-corrected chi connectivity index (χ3v) is 5.25. The molecule has 1 aliphatic carbocycles. The third-order valence-electron chi connectivity index (χ3n) is 3.72. The fourth-order valence-corrected chi connectivity index (χ4v) is 3.95. The quantitative estimate of drug-likeness (QED) is 0.866. The summed E-state index contributed by atoms with van der Waals surface area (Å²) in [5.41, 5.74) is 0. The average Bonchev–Trinajstić information content (AvgIpc) is 2.38. The Balaban J connectivity index is 2.19. The minimum Gasteiger partial charge on any atom is -0.208 e. The van der Waals surface area contributed by atoms with Crippen LogP contribution in [0.1, 0.15) is 44.9 Å². The lowest BCUT2D eigenvalue weighted by molar-refractivity contribution is 0.418. The van der Waals surface area contributed by atoms with Crippen molar-refractivity contribution in [3.63, 3.8) is 0 Å². The second-order valence-corrected chi connectivity index (χ2v) is 7.02. The molecule has 0 heterocycles. The molecule has 1 aromatic carbocycles. The molecule has 7 heteroatoms. The molecule has 0 aliphatic heterocycles. The van der Waals surface area contributed by atoms with E-state index in [1.165, 1.54) is 0 Å². The van der Waals surface area contributed by atoms with Crippen molar-refractivity contribution >= 4 is 10.0 Å². The fraction of sp³-hybridized carbons (Fsp3) is 0.571. The van der Waals surface area contributed by atoms with E-state index in [9.17, 15) is 21.6 Å². The lowest BCUT2D eigenvalue weighted by atomic mass is 9.97. The van der Waals surface area contributed by atoms with Crippen molar-refractivity contribution in [3.8, 4) is 0 Å². The normalized spacial score (nSPS) is 18.2. The van der Waals surface area contributed by atoms with E-state index in [0.29, 0.717) is 18.9 Å². The van der Waals surface area contributed by atoms with Gasteiger partial charge in [0.15, 0.2) is 17.5 Å². The van der Waals surface area contributed by atoms with Crippen LogP contribution in [0.15, 0.2) is 17.0 Å². The average molecular weight is 321 g/mol. The summed E-state index contributed by atoms with van der Waals surface area (Å²) in [7, 11) is -4.19. The third kappa shape index (κ3) is 3.97. The summed E-state index contributed by atoms with van der Waals surface area (Å²) in [4.78, 5) is -0.844. The maximum Gasteiger partial charge on any atom is 0.243 e. The number of hydrogen-bond donors (Lipinski definition) is 1. The van der Waals surface area contributed by atoms with E-state index in [2.05, 4.69) is 4.72 Å². The van der Waals surface area contributed by atoms with E-state index in [1.807, 2.05) is 0 Å². The first-order valence-electron chi connectivity index (χ1n) is 7.07. The van der Waals surface area contributed by atoms with Gasteiger partial charge < -0.3 is 0 Å². The number of rotatable bonds is 3. The highest BCUT2D eigenvalue weighted by Gasteiger charge is 2.26. The number of sulfonamides is 1. The molecule has 0 bridgehead atoms. The zero-order valence-electron chi connectivity index (χ0n) is 11.5. The fourth-order valence-electron chi connectivity index (χ4n) is 2.57. The molecular weight excluding hydrogens is 303 g/mol. The van der Waals surface area contributed by atoms with E-state index in [1.54, 1.807) is 0 Å². The van der Waals surface area contributed by atoms with E-state index in [-0.39, 0.29) is 6.04 Å². The summed E-state index contributed by atoms with van der Waals surface area (Å²) < 4.78 is 66.4. The van der Waals surface area contributed by atoms with E-state index >= 15 is 0 Å². The Hall–Kier alpha value is -1.08. The molecule has 1 aliphatic rings. The molecule has 1 saturated carbocycles. The molecule has 3 nitrogen and oxygen atoms in total. The van der Waals surface area contributed by atoms with Crippen LogP contribution in [0, 0.1) is 17.5 Å². The summed E-state index contributed by atoms with van der Waals surface area (Å²) in [5, 5.41) is 0. The smallest absolute Gasteiger partial charge is 0.208 e. The molecule has 1 fully saturated rings. The molecule has 0 amide bonds. The van der Waals surface area contributed by atoms with Crippen molar-refractivity contribution < 1.29 is 21.6 Å². The van der Waals surface area contributed by atoms with Crippen LogP contribution in [0.4, 0.5) is 13.2 Å². The minimum atomic E-state index is -4.19. The molecule has 1 aromatic rings. The van der Waals surface area contributed by atoms with Crippen LogP contribution >= 0.6 is 0 Å². The van der Waals surface area contributed by atoms with Gasteiger partial charge in [-0.25, -0.2) is 26.3 Å². The Morgan fingerprint density at radius 2 is 1.48 bits per heavy atom. The van der Waals surface area contributed by atoms with Gasteiger partial charge in [0.1, 0.15) is 4.90 Å². The highest BCUT2D eigenvalue weighted by Crippen LogP contribution is 2.22. The Bertz CT molecular complexity index is 596. The maximum absolute atomic E-state index is 13.6. The Kier molecular flexibility index (Phi) is 5.27. The summed E-state index contributed by atoms with van der Waals surface area (Å²) in [6.45, 7) is 0. The van der Waals surface area contributed by atoms with Gasteiger partial charge in [-0.1, -0.05) is 32.1 Å². The van der Waals surface area contributed by atoms with Gasteiger partial charge in [0, 0.05) is 6.04 Å². The molecule has 2 rings (SSSR count). The van der Waals surface area contributed by atoms with Gasteiger partial charge in [0.25, 0.3) is 0 Å². The molecule has 0 unspecified atom stereocenters. The van der Waals surface area contributed by atoms with Gasteiger partial charge in [-0.3, -0.25) is 0 Å². The number of benzene rings is 1. The highest BCUT2D eigenvalue weighted by atomic mass is 32.2. The maximum atomic E-state index is 13.6. The second kappa shape index (κ2) is 6.79. The molecule has 0 radical (unpaired) electrons. The molecule has 0 aromatic heterocycles. The van der Waals surface area contributed by atoms with E-state index in [4.69, 9.17) is 0 Å². The Labute approximate surface area is 122 Å². The van der Waals surface area contributed by atoms with Gasteiger partial charge in [-0.2, -0.15) is 0 Å². The first-order valence-corrected chi connectivity index (χ1v) is 8.56. The van der Waals surface area contributed by atoms with Crippen LogP contribution in [0.25, 0.3) is 0 Å². The van der Waals surface area contributed by atoms with E-state index < -0.39 is 32.4 Å². The van der Waals surface area contributed by atoms with Crippen LogP contribution in [0.5, 0.6) is 0 Å². The summed E-state index contributed by atoms with van der Waals surface area (Å²) in [6, 6.07) is 1.08. The zero-order chi connectivity index (χ0) is 15.5. The molecule has 0 saturated heterocycles. The monoisotopic (exact) mass is 321 g/mol. The van der Waals surface area contributed by atoms with Crippen LogP contribution < -0.4 is 4.72 Å². The number of halogens is 3. The highest BCUT2D eigenvalue weighted by molar-refractivity contribution is 7.89. The molecular formula is C14H18F3NO2S. The standard InChI is InChI=1S/C14H18F3NO2S/c15-11-8-9-12(14(17)13(11)16)21(19,20)18-10-6-4-2-1-3-5-7-10/h8-10,18H,1-7H2. The summed E-state index contributed by atoms with van der Waals surface area (Å²) in [6.07, 6.45) is 6.35. The largest absolute Gasteiger partial charge is 0.243 e. The molecule has 118 valence electrons. The molecule has 1 N–H and O–H groups in total. The Morgan fingerprint density at radius 1 is 0.905 bits per heavy atom. The zero-order valence-corrected chi connectivity index (χ0v) is 12.4. The van der Waals surface area contributed by atoms with Crippen molar-refractivity contribution in [2.24, 2.45) is 0 Å². The van der Waals surface area contributed by atoms with Gasteiger partial charge in [-0.15, -0.1) is 0 Å². The van der Waals surface area contributed by atoms with Crippen molar-refractivity contribution in [2.45, 2.75) is 55.9 Å². The van der Waals surface area contributed by atoms with Gasteiger partial charge in [-0.05, 0) is 25.0 Å². The van der Waals surface area contributed by atoms with Crippen LogP contribution in [0.2, 0.25) is 0 Å². The Morgan fingerprint density at radius 3 is 2.10 bits per heavy atom. The topological polar surface area (TPSA) is 46.2 Å². The molecule has 21 heavy (non-hydrogen) atoms. The SMILES string of the molecule is O=S(=O)(NC1CCCCCCC1)c1ccc(F)c(F)c1F. The lowest BCUT2D eigenvalue weighted by Crippen LogP contribution is -2.35. The van der Waals surface area contributed by atoms with Crippen molar-refractivity contribution in [1.29, 1.82) is 0 Å². The van der Waals surface area contributed by atoms with Crippen LogP contribution in [-0.2, 0) is 10.0 Å². The van der Waals surface area contributed by atoms with Crippen molar-refractivity contribution in [1.82, 2.24) is 4.72 Å². The van der Waals surface area contributed by atoms with Crippen molar-refractivity contribution in [3.05, 3.63) is 29.6 Å². The van der Waals surface area contributed by atoms with Gasteiger partial charge in [0.05, 0.1) is 0 Å². The van der Waals surface area contributed by atoms with E-state index in [0.717, 1.165) is 38.2 Å². The minimum absolute atomic E-state index is 0.289. The molecule has 0 atom stereocenters. The summed E-state index contributed by atoms with van der Waals surface area (Å²) in [5.74, 6) is -4.85. The lowest BCUT2D eigenvalue weighted by Gasteiger charge is -2.21. The first kappa shape index (κ1) is 16.3. The number of hydrogen-bond acceptors (Lipinski definition) is 2. The first-order chi connectivity index (χ1) is 9.92. The molecule has 0 spiro atoms. The number of nitrogens with one attached hydrogen (secondary N) is 1. The van der Waals surface area contributed by atoms with Crippen LogP contribution in [-0.4, -0.2) is 14.5 Å². The van der Waals surface area contributed by atoms with Gasteiger partial charge in [0.2, 0.25) is 10.0 Å². The van der Waals surface area contributed by atoms with Crippen LogP contribution in [0.3, 0.4) is 0 Å². The van der Waals surface area contributed by atoms with Gasteiger partial charge >= 0.3 is 0 Å². The second-order valence-electron chi connectivity index (χ2n) is 5.34. The van der Waals surface area contributed by atoms with Crippen molar-refractivity contribution in [2.75, 3.05) is 0 Å². The summed E-state index contributed by atoms with van der Waals surface area (Å²) >= 11 is 0. The predicted molar refractivity (Wildman–Crippen MR) is 72.7 cm³/mol.